The molecular weight excluding hydrogens is 303 g/mol. The van der Waals surface area contributed by atoms with Crippen LogP contribution in [0.25, 0.3) is 0 Å². The summed E-state index contributed by atoms with van der Waals surface area (Å²) >= 11 is 1.77. The molecule has 0 aliphatic carbocycles. The van der Waals surface area contributed by atoms with Crippen LogP contribution in [0.3, 0.4) is 0 Å². The molecule has 1 rings (SSSR count). The van der Waals surface area contributed by atoms with E-state index in [9.17, 15) is 4.57 Å². The van der Waals surface area contributed by atoms with E-state index in [-0.39, 0.29) is 0 Å². The van der Waals surface area contributed by atoms with Crippen molar-refractivity contribution in [3.8, 4) is 0 Å². The zero-order valence-electron chi connectivity index (χ0n) is 14.1. The molecule has 0 bridgehead atoms. The van der Waals surface area contributed by atoms with Gasteiger partial charge in [0.15, 0.2) is 0 Å². The molecule has 3 nitrogen and oxygen atoms in total. The van der Waals surface area contributed by atoms with Gasteiger partial charge in [-0.2, -0.15) is 0 Å². The van der Waals surface area contributed by atoms with Crippen LogP contribution < -0.4 is 5.30 Å². The van der Waals surface area contributed by atoms with E-state index in [1.807, 2.05) is 13.8 Å². The molecule has 0 aliphatic heterocycles. The molecule has 0 fully saturated rings. The van der Waals surface area contributed by atoms with Gasteiger partial charge >= 0.3 is 7.60 Å². The lowest BCUT2D eigenvalue weighted by molar-refractivity contribution is 0.229. The molecule has 1 aromatic heterocycles. The third-order valence-corrected chi connectivity index (χ3v) is 7.72. The van der Waals surface area contributed by atoms with E-state index < -0.39 is 7.60 Å². The van der Waals surface area contributed by atoms with Gasteiger partial charge in [-0.1, -0.05) is 27.7 Å². The molecule has 2 unspecified atom stereocenters. The maximum absolute atomic E-state index is 13.1. The number of thiophene rings is 1. The van der Waals surface area contributed by atoms with Crippen LogP contribution in [0.4, 0.5) is 0 Å². The van der Waals surface area contributed by atoms with Gasteiger partial charge in [0.25, 0.3) is 0 Å². The summed E-state index contributed by atoms with van der Waals surface area (Å²) in [5.74, 6) is 0.848. The van der Waals surface area contributed by atoms with Crippen molar-refractivity contribution < 1.29 is 13.6 Å². The van der Waals surface area contributed by atoms with Gasteiger partial charge in [0, 0.05) is 9.75 Å². The van der Waals surface area contributed by atoms with Crippen molar-refractivity contribution >= 4 is 24.2 Å². The topological polar surface area (TPSA) is 35.5 Å². The highest BCUT2D eigenvalue weighted by Crippen LogP contribution is 2.51. The smallest absolute Gasteiger partial charge is 0.305 e. The van der Waals surface area contributed by atoms with Gasteiger partial charge in [-0.05, 0) is 44.6 Å². The first-order valence-corrected chi connectivity index (χ1v) is 10.3. The van der Waals surface area contributed by atoms with E-state index in [0.717, 1.165) is 23.0 Å². The molecule has 122 valence electrons. The molecule has 1 aromatic rings. The Kier molecular flexibility index (Phi) is 7.63. The van der Waals surface area contributed by atoms with Gasteiger partial charge in [0.1, 0.15) is 0 Å². The highest BCUT2D eigenvalue weighted by molar-refractivity contribution is 7.62. The zero-order chi connectivity index (χ0) is 16.0. The van der Waals surface area contributed by atoms with E-state index in [2.05, 4.69) is 33.8 Å². The summed E-state index contributed by atoms with van der Waals surface area (Å²) in [6.07, 6.45) is 2.10. The maximum Gasteiger partial charge on any atom is 0.362 e. The van der Waals surface area contributed by atoms with Crippen LogP contribution in [-0.4, -0.2) is 13.2 Å². The van der Waals surface area contributed by atoms with Crippen LogP contribution in [0.15, 0.2) is 6.07 Å². The lowest BCUT2D eigenvalue weighted by Crippen LogP contribution is -2.14. The van der Waals surface area contributed by atoms with E-state index >= 15 is 0 Å². The highest BCUT2D eigenvalue weighted by Gasteiger charge is 2.33. The second kappa shape index (κ2) is 8.47. The van der Waals surface area contributed by atoms with Crippen molar-refractivity contribution in [3.05, 3.63) is 15.8 Å². The van der Waals surface area contributed by atoms with Crippen molar-refractivity contribution in [1.82, 2.24) is 0 Å². The molecule has 0 amide bonds. The van der Waals surface area contributed by atoms with Gasteiger partial charge in [0.2, 0.25) is 0 Å². The summed E-state index contributed by atoms with van der Waals surface area (Å²) in [5, 5.41) is 0.792. The first-order valence-electron chi connectivity index (χ1n) is 7.96. The monoisotopic (exact) mass is 332 g/mol. The molecule has 0 saturated carbocycles. The lowest BCUT2D eigenvalue weighted by atomic mass is 10.1. The largest absolute Gasteiger partial charge is 0.362 e. The van der Waals surface area contributed by atoms with E-state index in [0.29, 0.717) is 25.0 Å². The second-order valence-corrected chi connectivity index (χ2v) is 8.46. The Labute approximate surface area is 133 Å². The van der Waals surface area contributed by atoms with Gasteiger partial charge in [-0.25, -0.2) is 0 Å². The number of hydrogen-bond donors (Lipinski definition) is 0. The Balaban J connectivity index is 3.35. The van der Waals surface area contributed by atoms with Crippen LogP contribution in [0.5, 0.6) is 0 Å². The molecule has 0 aromatic carbocycles. The first-order chi connectivity index (χ1) is 9.93. The van der Waals surface area contributed by atoms with E-state index in [1.165, 1.54) is 4.88 Å². The van der Waals surface area contributed by atoms with Crippen molar-refractivity contribution in [3.63, 3.8) is 0 Å². The Morgan fingerprint density at radius 3 is 2.00 bits per heavy atom. The molecule has 1 heterocycles. The molecule has 2 atom stereocenters. The Morgan fingerprint density at radius 1 is 1.05 bits per heavy atom. The van der Waals surface area contributed by atoms with Crippen LogP contribution >= 0.6 is 18.9 Å². The summed E-state index contributed by atoms with van der Waals surface area (Å²) in [6.45, 7) is 13.2. The average Bonchev–Trinajstić information content (AvgIpc) is 2.92. The van der Waals surface area contributed by atoms with Crippen LogP contribution in [0, 0.1) is 0 Å². The zero-order valence-corrected chi connectivity index (χ0v) is 15.9. The van der Waals surface area contributed by atoms with Crippen molar-refractivity contribution in [2.75, 3.05) is 13.2 Å². The molecule has 5 heteroatoms. The normalized spacial score (nSPS) is 15.1. The predicted octanol–water partition coefficient (Wildman–Crippen LogP) is 5.67. The molecule has 21 heavy (non-hydrogen) atoms. The Bertz CT molecular complexity index is 474. The highest BCUT2D eigenvalue weighted by atomic mass is 32.1. The minimum atomic E-state index is -3.20. The first kappa shape index (κ1) is 18.9. The van der Waals surface area contributed by atoms with Crippen molar-refractivity contribution in [2.45, 2.75) is 66.2 Å². The van der Waals surface area contributed by atoms with E-state index in [1.54, 1.807) is 11.3 Å². The molecule has 0 saturated heterocycles. The number of rotatable bonds is 9. The summed E-state index contributed by atoms with van der Waals surface area (Å²) in [4.78, 5) is 2.44. The molecule has 0 radical (unpaired) electrons. The van der Waals surface area contributed by atoms with Gasteiger partial charge in [0.05, 0.1) is 18.5 Å². The van der Waals surface area contributed by atoms with Crippen LogP contribution in [-0.2, 0) is 13.6 Å². The molecule has 0 N–H and O–H groups in total. The third kappa shape index (κ3) is 4.41. The number of hydrogen-bond acceptors (Lipinski definition) is 4. The summed E-state index contributed by atoms with van der Waals surface area (Å²) < 4.78 is 24.3. The van der Waals surface area contributed by atoms with Crippen LogP contribution in [0.2, 0.25) is 0 Å². The molecule has 0 spiro atoms. The second-order valence-electron chi connectivity index (χ2n) is 5.35. The Hall–Kier alpha value is -0.150. The fraction of sp³-hybridized carbons (Fsp3) is 0.750. The van der Waals surface area contributed by atoms with Gasteiger partial charge in [-0.3, -0.25) is 4.57 Å². The fourth-order valence-corrected chi connectivity index (χ4v) is 5.84. The maximum atomic E-state index is 13.1. The SMILES string of the molecule is CCOP(=O)(OCC)c1cc(C(C)CC)sc1C(C)CC. The van der Waals surface area contributed by atoms with Crippen molar-refractivity contribution in [2.24, 2.45) is 0 Å². The van der Waals surface area contributed by atoms with Gasteiger partial charge < -0.3 is 9.05 Å². The minimum absolute atomic E-state index is 0.372. The summed E-state index contributed by atoms with van der Waals surface area (Å²) in [5.41, 5.74) is 0. The average molecular weight is 332 g/mol. The molecule has 0 aliphatic rings. The van der Waals surface area contributed by atoms with Crippen LogP contribution in [0.1, 0.15) is 76.0 Å². The fourth-order valence-electron chi connectivity index (χ4n) is 2.13. The third-order valence-electron chi connectivity index (χ3n) is 3.81. The Morgan fingerprint density at radius 2 is 1.57 bits per heavy atom. The molecular formula is C16H29O3PS. The lowest BCUT2D eigenvalue weighted by Gasteiger charge is -2.19. The summed E-state index contributed by atoms with van der Waals surface area (Å²) in [6, 6.07) is 2.06. The quantitative estimate of drug-likeness (QED) is 0.547. The van der Waals surface area contributed by atoms with Gasteiger partial charge in [-0.15, -0.1) is 11.3 Å². The van der Waals surface area contributed by atoms with Crippen molar-refractivity contribution in [1.29, 1.82) is 0 Å². The van der Waals surface area contributed by atoms with E-state index in [4.69, 9.17) is 9.05 Å². The predicted molar refractivity (Wildman–Crippen MR) is 92.2 cm³/mol. The minimum Gasteiger partial charge on any atom is -0.305 e. The summed E-state index contributed by atoms with van der Waals surface area (Å²) in [7, 11) is -3.20. The standard InChI is InChI=1S/C16H29O3PS/c1-7-12(5)15-11-14(16(21-15)13(6)8-2)20(17,18-9-3)19-10-4/h11-13H,7-10H2,1-6H3.